The Bertz CT molecular complexity index is 1490. The zero-order chi connectivity index (χ0) is 26.2. The average molecular weight is 548 g/mol. The standard InChI is InChI=1S/C25H19Cl2NO7S/c1-36(33,34)9-8-21(28-23(30)17-11-19(26)20(27)12-18(17)24(28)31)25(32)35-13-22(29)16-7-6-14-4-2-3-5-15(14)10-16/h2-7,10-12,21H,8-9,13H2,1H3/t21-/m1/s1. The van der Waals surface area contributed by atoms with E-state index < -0.39 is 58.2 Å². The maximum atomic E-state index is 13.0. The molecule has 0 saturated heterocycles. The van der Waals surface area contributed by atoms with E-state index in [9.17, 15) is 27.6 Å². The Morgan fingerprint density at radius 1 is 0.917 bits per heavy atom. The molecule has 11 heteroatoms. The summed E-state index contributed by atoms with van der Waals surface area (Å²) in [5.41, 5.74) is 0.164. The molecule has 1 aliphatic rings. The van der Waals surface area contributed by atoms with E-state index in [1.54, 1.807) is 18.2 Å². The van der Waals surface area contributed by atoms with Crippen molar-refractivity contribution in [3.8, 4) is 0 Å². The monoisotopic (exact) mass is 547 g/mol. The van der Waals surface area contributed by atoms with Crippen molar-refractivity contribution in [2.24, 2.45) is 0 Å². The number of benzene rings is 3. The van der Waals surface area contributed by atoms with Gasteiger partial charge in [-0.3, -0.25) is 19.3 Å². The molecule has 36 heavy (non-hydrogen) atoms. The van der Waals surface area contributed by atoms with Crippen molar-refractivity contribution in [2.75, 3.05) is 18.6 Å². The van der Waals surface area contributed by atoms with Crippen molar-refractivity contribution in [3.05, 3.63) is 81.3 Å². The van der Waals surface area contributed by atoms with Crippen LogP contribution in [0.1, 0.15) is 37.5 Å². The Hall–Kier alpha value is -3.27. The van der Waals surface area contributed by atoms with Crippen LogP contribution in [0, 0.1) is 0 Å². The fourth-order valence-electron chi connectivity index (χ4n) is 3.89. The van der Waals surface area contributed by atoms with Crippen molar-refractivity contribution < 1.29 is 32.3 Å². The van der Waals surface area contributed by atoms with Gasteiger partial charge in [0, 0.05) is 11.8 Å². The fourth-order valence-corrected chi connectivity index (χ4v) is 4.87. The van der Waals surface area contributed by atoms with E-state index >= 15 is 0 Å². The molecule has 0 unspecified atom stereocenters. The molecule has 0 radical (unpaired) electrons. The zero-order valence-electron chi connectivity index (χ0n) is 18.9. The van der Waals surface area contributed by atoms with Crippen LogP contribution in [0.15, 0.2) is 54.6 Å². The van der Waals surface area contributed by atoms with E-state index in [0.717, 1.165) is 17.0 Å². The predicted molar refractivity (Wildman–Crippen MR) is 134 cm³/mol. The van der Waals surface area contributed by atoms with Gasteiger partial charge in [0.05, 0.1) is 26.9 Å². The molecule has 3 aromatic carbocycles. The molecule has 3 aromatic rings. The molecule has 0 aliphatic carbocycles. The first-order chi connectivity index (χ1) is 17.0. The number of rotatable bonds is 8. The third-order valence-electron chi connectivity index (χ3n) is 5.72. The number of imide groups is 1. The minimum Gasteiger partial charge on any atom is -0.456 e. The van der Waals surface area contributed by atoms with Gasteiger partial charge < -0.3 is 4.74 Å². The Labute approximate surface area is 216 Å². The number of carbonyl (C=O) groups excluding carboxylic acids is 4. The topological polar surface area (TPSA) is 115 Å². The largest absolute Gasteiger partial charge is 0.456 e. The number of ether oxygens (including phenoxy) is 1. The van der Waals surface area contributed by atoms with Crippen LogP contribution in [0.25, 0.3) is 10.8 Å². The first-order valence-corrected chi connectivity index (χ1v) is 13.5. The molecule has 1 atom stereocenters. The molecule has 1 aliphatic heterocycles. The second-order valence-corrected chi connectivity index (χ2v) is 11.4. The summed E-state index contributed by atoms with van der Waals surface area (Å²) < 4.78 is 28.7. The number of amides is 2. The number of hydrogen-bond donors (Lipinski definition) is 0. The van der Waals surface area contributed by atoms with Crippen LogP contribution >= 0.6 is 23.2 Å². The van der Waals surface area contributed by atoms with E-state index in [2.05, 4.69) is 0 Å². The summed E-state index contributed by atoms with van der Waals surface area (Å²) in [6.45, 7) is -0.659. The molecule has 186 valence electrons. The number of halogens is 2. The third-order valence-corrected chi connectivity index (χ3v) is 7.42. The van der Waals surface area contributed by atoms with Gasteiger partial charge in [-0.2, -0.15) is 0 Å². The van der Waals surface area contributed by atoms with E-state index in [1.165, 1.54) is 12.1 Å². The van der Waals surface area contributed by atoms with Crippen LogP contribution in [0.4, 0.5) is 0 Å². The molecule has 0 fully saturated rings. The number of nitrogens with zero attached hydrogens (tertiary/aromatic N) is 1. The summed E-state index contributed by atoms with van der Waals surface area (Å²) in [4.78, 5) is 52.3. The molecular formula is C25H19Cl2NO7S. The van der Waals surface area contributed by atoms with Gasteiger partial charge in [-0.1, -0.05) is 59.6 Å². The van der Waals surface area contributed by atoms with Crippen molar-refractivity contribution in [1.82, 2.24) is 4.90 Å². The van der Waals surface area contributed by atoms with Gasteiger partial charge in [0.1, 0.15) is 15.9 Å². The lowest BCUT2D eigenvalue weighted by molar-refractivity contribution is -0.147. The number of fused-ring (bicyclic) bond motifs is 2. The van der Waals surface area contributed by atoms with E-state index in [1.807, 2.05) is 24.3 Å². The molecule has 8 nitrogen and oxygen atoms in total. The SMILES string of the molecule is CS(=O)(=O)CC[C@H](C(=O)OCC(=O)c1ccc2ccccc2c1)N1C(=O)c2cc(Cl)c(Cl)cc2C1=O. The van der Waals surface area contributed by atoms with Crippen LogP contribution in [0.2, 0.25) is 10.0 Å². The van der Waals surface area contributed by atoms with Crippen molar-refractivity contribution in [1.29, 1.82) is 0 Å². The second kappa shape index (κ2) is 10.0. The minimum atomic E-state index is -3.56. The molecular weight excluding hydrogens is 529 g/mol. The number of esters is 1. The van der Waals surface area contributed by atoms with Crippen LogP contribution in [-0.4, -0.2) is 61.5 Å². The van der Waals surface area contributed by atoms with Crippen LogP contribution in [-0.2, 0) is 19.4 Å². The quantitative estimate of drug-likeness (QED) is 0.238. The summed E-state index contributed by atoms with van der Waals surface area (Å²) in [6, 6.07) is 13.3. The number of hydrogen-bond acceptors (Lipinski definition) is 7. The molecule has 0 aromatic heterocycles. The lowest BCUT2D eigenvalue weighted by Crippen LogP contribution is -2.46. The molecule has 1 heterocycles. The smallest absolute Gasteiger partial charge is 0.329 e. The van der Waals surface area contributed by atoms with Crippen LogP contribution < -0.4 is 0 Å². The van der Waals surface area contributed by atoms with Crippen molar-refractivity contribution in [3.63, 3.8) is 0 Å². The molecule has 0 saturated carbocycles. The van der Waals surface area contributed by atoms with Gasteiger partial charge in [-0.15, -0.1) is 0 Å². The van der Waals surface area contributed by atoms with Crippen molar-refractivity contribution in [2.45, 2.75) is 12.5 Å². The first kappa shape index (κ1) is 25.8. The summed E-state index contributed by atoms with van der Waals surface area (Å²) in [5, 5.41) is 1.83. The van der Waals surface area contributed by atoms with E-state index in [-0.39, 0.29) is 21.2 Å². The number of ketones is 1. The van der Waals surface area contributed by atoms with Gasteiger partial charge in [0.15, 0.2) is 12.4 Å². The molecule has 2 amide bonds. The molecule has 0 bridgehead atoms. The summed E-state index contributed by atoms with van der Waals surface area (Å²) >= 11 is 11.9. The summed E-state index contributed by atoms with van der Waals surface area (Å²) in [5.74, 6) is -3.77. The summed E-state index contributed by atoms with van der Waals surface area (Å²) in [6.07, 6.45) is 0.551. The predicted octanol–water partition coefficient (Wildman–Crippen LogP) is 3.97. The van der Waals surface area contributed by atoms with Gasteiger partial charge >= 0.3 is 5.97 Å². The Balaban J connectivity index is 1.56. The number of carbonyl (C=O) groups is 4. The highest BCUT2D eigenvalue weighted by Crippen LogP contribution is 2.33. The highest BCUT2D eigenvalue weighted by molar-refractivity contribution is 7.90. The van der Waals surface area contributed by atoms with Gasteiger partial charge in [0.2, 0.25) is 0 Å². The Morgan fingerprint density at radius 3 is 2.08 bits per heavy atom. The van der Waals surface area contributed by atoms with Crippen LogP contribution in [0.3, 0.4) is 0 Å². The van der Waals surface area contributed by atoms with Gasteiger partial charge in [-0.25, -0.2) is 13.2 Å². The maximum Gasteiger partial charge on any atom is 0.329 e. The van der Waals surface area contributed by atoms with Gasteiger partial charge in [0.25, 0.3) is 11.8 Å². The lowest BCUT2D eigenvalue weighted by Gasteiger charge is -2.24. The fraction of sp³-hybridized carbons (Fsp3) is 0.200. The van der Waals surface area contributed by atoms with E-state index in [4.69, 9.17) is 27.9 Å². The maximum absolute atomic E-state index is 13.0. The first-order valence-electron chi connectivity index (χ1n) is 10.7. The highest BCUT2D eigenvalue weighted by Gasteiger charge is 2.44. The van der Waals surface area contributed by atoms with Crippen LogP contribution in [0.5, 0.6) is 0 Å². The highest BCUT2D eigenvalue weighted by atomic mass is 35.5. The second-order valence-electron chi connectivity index (χ2n) is 8.32. The van der Waals surface area contributed by atoms with Gasteiger partial charge in [-0.05, 0) is 35.4 Å². The molecule has 0 spiro atoms. The summed E-state index contributed by atoms with van der Waals surface area (Å²) in [7, 11) is -3.56. The molecule has 4 rings (SSSR count). The Morgan fingerprint density at radius 2 is 1.50 bits per heavy atom. The minimum absolute atomic E-state index is 0.0367. The van der Waals surface area contributed by atoms with E-state index in [0.29, 0.717) is 10.5 Å². The third kappa shape index (κ3) is 5.28. The average Bonchev–Trinajstić information content (AvgIpc) is 3.06. The lowest BCUT2D eigenvalue weighted by atomic mass is 10.0. The normalized spacial score (nSPS) is 14.1. The Kier molecular flexibility index (Phi) is 7.17. The number of Topliss-reactive ketones (excluding diaryl/α,β-unsaturated/α-hetero) is 1. The van der Waals surface area contributed by atoms with Crippen molar-refractivity contribution >= 4 is 67.4 Å². The zero-order valence-corrected chi connectivity index (χ0v) is 21.2. The molecule has 0 N–H and O–H groups in total. The number of sulfone groups is 1.